The van der Waals surface area contributed by atoms with Crippen molar-refractivity contribution in [2.45, 2.75) is 19.8 Å². The highest BCUT2D eigenvalue weighted by atomic mass is 16.5. The van der Waals surface area contributed by atoms with Crippen LogP contribution in [0.25, 0.3) is 0 Å². The Hall–Kier alpha value is -2.56. The molecule has 5 heteroatoms. The first-order valence-corrected chi connectivity index (χ1v) is 8.26. The lowest BCUT2D eigenvalue weighted by Gasteiger charge is -2.32. The Morgan fingerprint density at radius 3 is 2.67 bits per heavy atom. The molecule has 1 saturated heterocycles. The molecule has 2 heterocycles. The smallest absolute Gasteiger partial charge is 0.339 e. The first kappa shape index (κ1) is 16.3. The monoisotopic (exact) mass is 326 g/mol. The largest absolute Gasteiger partial charge is 0.492 e. The number of ether oxygens (including phenoxy) is 1. The molecule has 0 spiro atoms. The van der Waals surface area contributed by atoms with E-state index in [1.165, 1.54) is 5.56 Å². The van der Waals surface area contributed by atoms with Crippen LogP contribution < -0.4 is 9.64 Å². The Morgan fingerprint density at radius 1 is 1.25 bits per heavy atom. The van der Waals surface area contributed by atoms with Crippen molar-refractivity contribution in [2.24, 2.45) is 5.92 Å². The van der Waals surface area contributed by atoms with Crippen molar-refractivity contribution < 1.29 is 14.6 Å². The van der Waals surface area contributed by atoms with Crippen molar-refractivity contribution in [3.8, 4) is 5.75 Å². The summed E-state index contributed by atoms with van der Waals surface area (Å²) in [5.41, 5.74) is 1.39. The number of para-hydroxylation sites is 1. The van der Waals surface area contributed by atoms with Crippen LogP contribution in [0.2, 0.25) is 0 Å². The second-order valence-corrected chi connectivity index (χ2v) is 6.24. The first-order chi connectivity index (χ1) is 11.6. The van der Waals surface area contributed by atoms with Crippen LogP contribution in [0.5, 0.6) is 5.75 Å². The molecule has 1 N–H and O–H groups in total. The summed E-state index contributed by atoms with van der Waals surface area (Å²) in [5.74, 6) is 0.961. The molecule has 0 saturated carbocycles. The number of carboxylic acid groups (broad SMARTS) is 1. The van der Waals surface area contributed by atoms with Gasteiger partial charge in [0, 0.05) is 19.3 Å². The molecule has 1 aliphatic heterocycles. The molecule has 24 heavy (non-hydrogen) atoms. The van der Waals surface area contributed by atoms with Gasteiger partial charge in [-0.05, 0) is 49.4 Å². The average Bonchev–Trinajstić information content (AvgIpc) is 2.61. The van der Waals surface area contributed by atoms with Crippen molar-refractivity contribution in [1.82, 2.24) is 4.98 Å². The number of benzene rings is 1. The molecule has 5 nitrogen and oxygen atoms in total. The van der Waals surface area contributed by atoms with Crippen LogP contribution in [0.1, 0.15) is 28.8 Å². The van der Waals surface area contributed by atoms with E-state index in [-0.39, 0.29) is 5.56 Å². The molecule has 126 valence electrons. The second kappa shape index (κ2) is 7.34. The number of aryl methyl sites for hydroxylation is 1. The number of carbonyl (C=O) groups is 1. The van der Waals surface area contributed by atoms with Crippen molar-refractivity contribution in [3.05, 3.63) is 53.7 Å². The first-order valence-electron chi connectivity index (χ1n) is 8.26. The predicted octanol–water partition coefficient (Wildman–Crippen LogP) is 3.38. The van der Waals surface area contributed by atoms with Gasteiger partial charge in [0.2, 0.25) is 0 Å². The summed E-state index contributed by atoms with van der Waals surface area (Å²) in [5, 5.41) is 9.19. The topological polar surface area (TPSA) is 62.7 Å². The molecule has 1 aliphatic rings. The van der Waals surface area contributed by atoms with E-state index in [9.17, 15) is 9.90 Å². The molecule has 0 aliphatic carbocycles. The molecule has 1 aromatic carbocycles. The van der Waals surface area contributed by atoms with E-state index in [1.54, 1.807) is 24.3 Å². The van der Waals surface area contributed by atoms with Crippen LogP contribution in [0.4, 0.5) is 5.82 Å². The average molecular weight is 326 g/mol. The molecular formula is C19H22N2O3. The van der Waals surface area contributed by atoms with E-state index in [0.29, 0.717) is 18.3 Å². The van der Waals surface area contributed by atoms with Crippen LogP contribution in [-0.4, -0.2) is 35.8 Å². The number of hydrogen-bond acceptors (Lipinski definition) is 4. The third kappa shape index (κ3) is 3.85. The quantitative estimate of drug-likeness (QED) is 0.912. The van der Waals surface area contributed by atoms with Crippen LogP contribution in [0, 0.1) is 12.8 Å². The van der Waals surface area contributed by atoms with E-state index in [0.717, 1.165) is 31.7 Å². The van der Waals surface area contributed by atoms with E-state index in [1.807, 2.05) is 13.1 Å². The molecular weight excluding hydrogens is 304 g/mol. The predicted molar refractivity (Wildman–Crippen MR) is 92.8 cm³/mol. The van der Waals surface area contributed by atoms with Gasteiger partial charge in [-0.15, -0.1) is 0 Å². The number of nitrogens with zero attached hydrogens (tertiary/aromatic N) is 2. The van der Waals surface area contributed by atoms with E-state index in [2.05, 4.69) is 22.0 Å². The fourth-order valence-corrected chi connectivity index (χ4v) is 2.95. The minimum absolute atomic E-state index is 0.221. The Bertz CT molecular complexity index is 692. The van der Waals surface area contributed by atoms with Gasteiger partial charge in [0.05, 0.1) is 6.61 Å². The zero-order valence-corrected chi connectivity index (χ0v) is 13.8. The minimum Gasteiger partial charge on any atom is -0.492 e. The summed E-state index contributed by atoms with van der Waals surface area (Å²) in [6.07, 6.45) is 3.93. The van der Waals surface area contributed by atoms with Crippen LogP contribution >= 0.6 is 0 Å². The molecule has 1 aromatic heterocycles. The van der Waals surface area contributed by atoms with Gasteiger partial charge >= 0.3 is 5.97 Å². The van der Waals surface area contributed by atoms with Crippen molar-refractivity contribution in [1.29, 1.82) is 0 Å². The summed E-state index contributed by atoms with van der Waals surface area (Å²) >= 11 is 0. The molecule has 0 unspecified atom stereocenters. The number of hydrogen-bond donors (Lipinski definition) is 1. The number of pyridine rings is 1. The lowest BCUT2D eigenvalue weighted by atomic mass is 9.98. The normalized spacial score (nSPS) is 15.3. The number of rotatable bonds is 5. The van der Waals surface area contributed by atoms with Crippen LogP contribution in [0.15, 0.2) is 42.6 Å². The van der Waals surface area contributed by atoms with Crippen LogP contribution in [0.3, 0.4) is 0 Å². The van der Waals surface area contributed by atoms with E-state index >= 15 is 0 Å². The van der Waals surface area contributed by atoms with Gasteiger partial charge in [-0.2, -0.15) is 0 Å². The number of anilines is 1. The van der Waals surface area contributed by atoms with Crippen LogP contribution in [-0.2, 0) is 0 Å². The van der Waals surface area contributed by atoms with Gasteiger partial charge < -0.3 is 14.7 Å². The summed E-state index contributed by atoms with van der Waals surface area (Å²) in [6.45, 7) is 4.49. The maximum Gasteiger partial charge on any atom is 0.339 e. The van der Waals surface area contributed by atoms with E-state index < -0.39 is 5.97 Å². The summed E-state index contributed by atoms with van der Waals surface area (Å²) in [6, 6.07) is 10.9. The molecule has 2 aromatic rings. The zero-order chi connectivity index (χ0) is 16.9. The molecule has 1 fully saturated rings. The SMILES string of the molecule is Cc1ccc(N2CCC(COc3ccccc3C(=O)O)CC2)nc1. The highest BCUT2D eigenvalue weighted by molar-refractivity contribution is 5.90. The third-order valence-corrected chi connectivity index (χ3v) is 4.43. The fourth-order valence-electron chi connectivity index (χ4n) is 2.95. The zero-order valence-electron chi connectivity index (χ0n) is 13.8. The van der Waals surface area contributed by atoms with Gasteiger partial charge in [-0.3, -0.25) is 0 Å². The summed E-state index contributed by atoms with van der Waals surface area (Å²) in [7, 11) is 0. The number of piperidine rings is 1. The lowest BCUT2D eigenvalue weighted by Crippen LogP contribution is -2.36. The Labute approximate surface area is 141 Å². The van der Waals surface area contributed by atoms with Crippen molar-refractivity contribution in [2.75, 3.05) is 24.6 Å². The number of aromatic carboxylic acids is 1. The number of carboxylic acids is 1. The Kier molecular flexibility index (Phi) is 4.99. The molecule has 0 bridgehead atoms. The number of aromatic nitrogens is 1. The summed E-state index contributed by atoms with van der Waals surface area (Å²) in [4.78, 5) is 18.0. The Balaban J connectivity index is 1.53. The molecule has 0 atom stereocenters. The Morgan fingerprint density at radius 2 is 2.00 bits per heavy atom. The fraction of sp³-hybridized carbons (Fsp3) is 0.368. The lowest BCUT2D eigenvalue weighted by molar-refractivity contribution is 0.0691. The molecule has 0 amide bonds. The highest BCUT2D eigenvalue weighted by Crippen LogP contribution is 2.24. The van der Waals surface area contributed by atoms with Gasteiger partial charge in [-0.25, -0.2) is 9.78 Å². The maximum absolute atomic E-state index is 11.2. The second-order valence-electron chi connectivity index (χ2n) is 6.24. The van der Waals surface area contributed by atoms with Gasteiger partial charge in [0.1, 0.15) is 17.1 Å². The minimum atomic E-state index is -0.953. The van der Waals surface area contributed by atoms with Crippen molar-refractivity contribution >= 4 is 11.8 Å². The van der Waals surface area contributed by atoms with Gasteiger partial charge in [0.15, 0.2) is 0 Å². The molecule has 3 rings (SSSR count). The maximum atomic E-state index is 11.2. The van der Waals surface area contributed by atoms with Crippen molar-refractivity contribution in [3.63, 3.8) is 0 Å². The third-order valence-electron chi connectivity index (χ3n) is 4.43. The van der Waals surface area contributed by atoms with Gasteiger partial charge in [0.25, 0.3) is 0 Å². The van der Waals surface area contributed by atoms with E-state index in [4.69, 9.17) is 4.74 Å². The van der Waals surface area contributed by atoms with Gasteiger partial charge in [-0.1, -0.05) is 18.2 Å². The summed E-state index contributed by atoms with van der Waals surface area (Å²) < 4.78 is 5.78. The standard InChI is InChI=1S/C19H22N2O3/c1-14-6-7-18(20-12-14)21-10-8-15(9-11-21)13-24-17-5-3-2-4-16(17)19(22)23/h2-7,12,15H,8-11,13H2,1H3,(H,22,23). The highest BCUT2D eigenvalue weighted by Gasteiger charge is 2.21. The molecule has 0 radical (unpaired) electrons.